The second-order valence-electron chi connectivity index (χ2n) is 13.9. The van der Waals surface area contributed by atoms with Crippen LogP contribution in [-0.2, 0) is 39.5 Å². The molecule has 50 heavy (non-hydrogen) atoms. The molecule has 3 amide bonds. The molecule has 3 aliphatic rings. The zero-order valence-corrected chi connectivity index (χ0v) is 29.2. The third kappa shape index (κ3) is 7.68. The summed E-state index contributed by atoms with van der Waals surface area (Å²) in [5.74, 6) is -0.765. The number of fused-ring (bicyclic) bond motifs is 1. The van der Waals surface area contributed by atoms with Crippen molar-refractivity contribution in [1.29, 1.82) is 0 Å². The molecule has 2 atom stereocenters. The Hall–Kier alpha value is -4.35. The van der Waals surface area contributed by atoms with E-state index < -0.39 is 17.4 Å². The number of aliphatic hydroxyl groups is 2. The average molecular weight is 683 g/mol. The summed E-state index contributed by atoms with van der Waals surface area (Å²) in [7, 11) is 0. The van der Waals surface area contributed by atoms with Gasteiger partial charge in [-0.1, -0.05) is 62.1 Å². The molecule has 0 unspecified atom stereocenters. The minimum Gasteiger partial charge on any atom is -0.396 e. The Balaban J connectivity index is 1.26. The van der Waals surface area contributed by atoms with E-state index in [1.807, 2.05) is 77.5 Å². The summed E-state index contributed by atoms with van der Waals surface area (Å²) in [5.41, 5.74) is 2.46. The van der Waals surface area contributed by atoms with Gasteiger partial charge < -0.3 is 24.9 Å². The first kappa shape index (κ1) is 35.5. The van der Waals surface area contributed by atoms with Crippen LogP contribution in [0, 0.1) is 5.92 Å². The first-order valence-corrected chi connectivity index (χ1v) is 18.3. The van der Waals surface area contributed by atoms with Crippen molar-refractivity contribution < 1.29 is 24.6 Å². The highest BCUT2D eigenvalue weighted by molar-refractivity contribution is 6.08. The van der Waals surface area contributed by atoms with Crippen LogP contribution >= 0.6 is 0 Å². The minimum atomic E-state index is -1.84. The Bertz CT molecular complexity index is 1690. The van der Waals surface area contributed by atoms with Gasteiger partial charge in [-0.05, 0) is 68.0 Å². The van der Waals surface area contributed by atoms with E-state index in [2.05, 4.69) is 10.3 Å². The number of benzene rings is 2. The molecule has 3 aromatic rings. The molecule has 2 saturated heterocycles. The second kappa shape index (κ2) is 16.1. The van der Waals surface area contributed by atoms with Gasteiger partial charge >= 0.3 is 0 Å². The molecule has 11 heteroatoms. The number of rotatable bonds is 11. The molecule has 6 rings (SSSR count). The number of allylic oxidation sites excluding steroid dienone is 1. The number of aromatic nitrogens is 3. The fourth-order valence-electron chi connectivity index (χ4n) is 7.41. The summed E-state index contributed by atoms with van der Waals surface area (Å²) < 4.78 is 1.72. The van der Waals surface area contributed by atoms with Gasteiger partial charge in [-0.2, -0.15) is 0 Å². The number of hydrogen-bond acceptors (Lipinski definition) is 7. The second-order valence-corrected chi connectivity index (χ2v) is 13.9. The lowest BCUT2D eigenvalue weighted by Gasteiger charge is -2.29. The van der Waals surface area contributed by atoms with Gasteiger partial charge in [0.1, 0.15) is 0 Å². The Labute approximate surface area is 294 Å². The maximum Gasteiger partial charge on any atom is 0.264 e. The van der Waals surface area contributed by atoms with Crippen LogP contribution in [0.1, 0.15) is 94.4 Å². The van der Waals surface area contributed by atoms with E-state index in [1.165, 1.54) is 0 Å². The fourth-order valence-corrected chi connectivity index (χ4v) is 7.41. The van der Waals surface area contributed by atoms with Gasteiger partial charge in [-0.15, -0.1) is 5.10 Å². The van der Waals surface area contributed by atoms with Crippen molar-refractivity contribution in [3.05, 3.63) is 77.6 Å². The van der Waals surface area contributed by atoms with Crippen molar-refractivity contribution in [2.75, 3.05) is 34.4 Å². The van der Waals surface area contributed by atoms with E-state index in [1.54, 1.807) is 9.58 Å². The summed E-state index contributed by atoms with van der Waals surface area (Å²) in [5, 5.41) is 29.8. The summed E-state index contributed by atoms with van der Waals surface area (Å²) in [6.45, 7) is 4.00. The number of carbonyl (C=O) groups excluding carboxylic acids is 3. The predicted octanol–water partition coefficient (Wildman–Crippen LogP) is 5.42. The summed E-state index contributed by atoms with van der Waals surface area (Å²) in [6.07, 6.45) is 15.7. The van der Waals surface area contributed by atoms with Crippen molar-refractivity contribution in [3.8, 4) is 0 Å². The van der Waals surface area contributed by atoms with E-state index >= 15 is 0 Å². The average Bonchev–Trinajstić information content (AvgIpc) is 3.64. The van der Waals surface area contributed by atoms with Crippen LogP contribution in [-0.4, -0.2) is 62.6 Å². The van der Waals surface area contributed by atoms with Crippen molar-refractivity contribution in [1.82, 2.24) is 15.0 Å². The highest BCUT2D eigenvalue weighted by Gasteiger charge is 2.52. The van der Waals surface area contributed by atoms with Crippen molar-refractivity contribution in [2.45, 2.75) is 103 Å². The topological polar surface area (TPSA) is 132 Å². The van der Waals surface area contributed by atoms with Crippen molar-refractivity contribution in [3.63, 3.8) is 0 Å². The number of aryl methyl sites for hydroxylation is 1. The number of anilines is 3. The third-order valence-corrected chi connectivity index (χ3v) is 10.4. The molecule has 11 nitrogen and oxygen atoms in total. The third-order valence-electron chi connectivity index (χ3n) is 10.4. The first-order chi connectivity index (χ1) is 24.3. The zero-order valence-electron chi connectivity index (χ0n) is 29.2. The van der Waals surface area contributed by atoms with Gasteiger partial charge in [0, 0.05) is 74.6 Å². The van der Waals surface area contributed by atoms with Crippen LogP contribution in [0.3, 0.4) is 0 Å². The molecule has 1 aromatic heterocycles. The van der Waals surface area contributed by atoms with Crippen LogP contribution in [0.5, 0.6) is 0 Å². The Morgan fingerprint density at radius 1 is 0.860 bits per heavy atom. The maximum absolute atomic E-state index is 14.4. The number of aliphatic hydroxyl groups excluding tert-OH is 1. The molecular weight excluding hydrogens is 632 g/mol. The number of amides is 3. The molecule has 0 bridgehead atoms. The number of carbonyl (C=O) groups is 3. The fraction of sp³-hybridized carbons (Fsp3) is 0.513. The van der Waals surface area contributed by atoms with Gasteiger partial charge in [0.2, 0.25) is 11.8 Å². The van der Waals surface area contributed by atoms with E-state index in [-0.39, 0.29) is 25.0 Å². The van der Waals surface area contributed by atoms with Crippen LogP contribution in [0.15, 0.2) is 60.8 Å². The number of nitrogens with zero attached hydrogens (tertiary/aromatic N) is 6. The lowest BCUT2D eigenvalue weighted by atomic mass is 9.82. The molecule has 266 valence electrons. The van der Waals surface area contributed by atoms with E-state index in [9.17, 15) is 19.5 Å². The Morgan fingerprint density at radius 2 is 1.50 bits per heavy atom. The summed E-state index contributed by atoms with van der Waals surface area (Å²) in [6, 6.07) is 13.4. The van der Waals surface area contributed by atoms with Gasteiger partial charge in [-0.25, -0.2) is 0 Å². The minimum absolute atomic E-state index is 0.0137. The largest absolute Gasteiger partial charge is 0.396 e. The predicted molar refractivity (Wildman–Crippen MR) is 193 cm³/mol. The molecule has 0 saturated carbocycles. The molecule has 4 heterocycles. The monoisotopic (exact) mass is 682 g/mol. The molecule has 2 N–H and O–H groups in total. The van der Waals surface area contributed by atoms with Crippen LogP contribution < -0.4 is 14.7 Å². The van der Waals surface area contributed by atoms with Crippen LogP contribution in [0.4, 0.5) is 17.1 Å². The zero-order chi connectivity index (χ0) is 35.1. The maximum atomic E-state index is 14.4. The lowest BCUT2D eigenvalue weighted by molar-refractivity contribution is -0.139. The standard InChI is InChI=1S/C39H50N6O5/c1-29(12-8-11-22-42-28-31(21-25-46)40-41-42)39(50)34-26-33(44-24-10-5-3-7-14-37(44)48)19-20-35(34)45(38(39)49)27-30-15-17-32(18-16-30)43-23-9-4-2-6-13-36(43)47/h8,12,15-20,26,28-29,46,50H,2-7,9-11,13-14,21-25,27H2,1H3/b12-8+/t29-,39+/m0/s1. The SMILES string of the molecule is C[C@@H](/C=C/CCn1cc(CCO)nn1)[C@]1(O)C(=O)N(Cc2ccc(N3CCCCCCC3=O)cc2)c2ccc(N3CCCCCCC3=O)cc21. The smallest absolute Gasteiger partial charge is 0.264 e. The molecule has 0 aliphatic carbocycles. The molecule has 0 radical (unpaired) electrons. The number of hydrogen-bond donors (Lipinski definition) is 2. The van der Waals surface area contributed by atoms with Crippen LogP contribution in [0.25, 0.3) is 0 Å². The van der Waals surface area contributed by atoms with Crippen molar-refractivity contribution >= 4 is 34.8 Å². The quantitative estimate of drug-likeness (QED) is 0.258. The molecule has 2 aromatic carbocycles. The van der Waals surface area contributed by atoms with Gasteiger partial charge in [-0.3, -0.25) is 19.1 Å². The Morgan fingerprint density at radius 3 is 2.18 bits per heavy atom. The van der Waals surface area contributed by atoms with Crippen LogP contribution in [0.2, 0.25) is 0 Å². The lowest BCUT2D eigenvalue weighted by Crippen LogP contribution is -2.44. The molecule has 2 fully saturated rings. The molecule has 3 aliphatic heterocycles. The normalized spacial score (nSPS) is 21.3. The van der Waals surface area contributed by atoms with E-state index in [0.29, 0.717) is 62.3 Å². The molecule has 0 spiro atoms. The highest BCUT2D eigenvalue weighted by atomic mass is 16.3. The highest BCUT2D eigenvalue weighted by Crippen LogP contribution is 2.47. The van der Waals surface area contributed by atoms with Gasteiger partial charge in [0.05, 0.1) is 17.9 Å². The van der Waals surface area contributed by atoms with Gasteiger partial charge in [0.25, 0.3) is 5.91 Å². The summed E-state index contributed by atoms with van der Waals surface area (Å²) in [4.78, 5) is 45.7. The van der Waals surface area contributed by atoms with Gasteiger partial charge in [0.15, 0.2) is 5.60 Å². The van der Waals surface area contributed by atoms with E-state index in [4.69, 9.17) is 5.11 Å². The van der Waals surface area contributed by atoms with Crippen molar-refractivity contribution in [2.24, 2.45) is 5.92 Å². The van der Waals surface area contributed by atoms with E-state index in [0.717, 1.165) is 68.3 Å². The summed E-state index contributed by atoms with van der Waals surface area (Å²) >= 11 is 0. The Kier molecular flexibility index (Phi) is 11.4. The first-order valence-electron chi connectivity index (χ1n) is 18.3. The molecular formula is C39H50N6O5.